The van der Waals surface area contributed by atoms with Crippen molar-refractivity contribution >= 4 is 22.6 Å². The first-order valence-electron chi connectivity index (χ1n) is 11.1. The lowest BCUT2D eigenvalue weighted by Gasteiger charge is -2.31. The van der Waals surface area contributed by atoms with Gasteiger partial charge in [-0.15, -0.1) is 0 Å². The number of amides is 1. The van der Waals surface area contributed by atoms with E-state index in [0.717, 1.165) is 74.5 Å². The number of ether oxygens (including phenoxy) is 2. The monoisotopic (exact) mass is 437 g/mol. The van der Waals surface area contributed by atoms with Crippen LogP contribution in [-0.4, -0.2) is 59.3 Å². The second-order valence-corrected chi connectivity index (χ2v) is 8.28. The first-order chi connectivity index (χ1) is 15.7. The van der Waals surface area contributed by atoms with E-state index in [9.17, 15) is 4.79 Å². The van der Waals surface area contributed by atoms with Crippen LogP contribution in [0.1, 0.15) is 42.1 Å². The maximum Gasteiger partial charge on any atom is 0.273 e. The van der Waals surface area contributed by atoms with E-state index in [2.05, 4.69) is 37.3 Å². The van der Waals surface area contributed by atoms with Crippen molar-refractivity contribution in [1.82, 2.24) is 20.3 Å². The molecule has 0 atom stereocenters. The third-order valence-corrected chi connectivity index (χ3v) is 6.05. The molecule has 2 aromatic heterocycles. The molecule has 0 spiro atoms. The Kier molecular flexibility index (Phi) is 5.89. The molecule has 0 bridgehead atoms. The standard InChI is InChI=1S/C23H27N5O4/c1-15-26-20(14-31-15)23(29)27-16-2-4-18(5-3-16)32-21-13-17(28-8-10-30-11-9-28)12-19-22(21)25-7-6-24-19/h6-7,12-14,16,18H,2-5,8-11H2,1H3,(H,27,29)/t16-,18+. The number of nitrogens with one attached hydrogen (secondary N) is 1. The molecule has 3 heterocycles. The third kappa shape index (κ3) is 4.52. The summed E-state index contributed by atoms with van der Waals surface area (Å²) >= 11 is 0. The smallest absolute Gasteiger partial charge is 0.273 e. The molecule has 1 aromatic carbocycles. The Hall–Kier alpha value is -3.20. The minimum atomic E-state index is -0.189. The maximum atomic E-state index is 12.3. The number of benzene rings is 1. The van der Waals surface area contributed by atoms with E-state index in [4.69, 9.17) is 13.9 Å². The molecule has 5 rings (SSSR count). The van der Waals surface area contributed by atoms with E-state index in [1.165, 1.54) is 6.26 Å². The highest BCUT2D eigenvalue weighted by Crippen LogP contribution is 2.33. The van der Waals surface area contributed by atoms with E-state index < -0.39 is 0 Å². The molecule has 1 saturated heterocycles. The predicted molar refractivity (Wildman–Crippen MR) is 118 cm³/mol. The molecule has 0 radical (unpaired) electrons. The second kappa shape index (κ2) is 9.12. The van der Waals surface area contributed by atoms with Crippen molar-refractivity contribution < 1.29 is 18.7 Å². The van der Waals surface area contributed by atoms with Crippen LogP contribution < -0.4 is 15.0 Å². The van der Waals surface area contributed by atoms with Crippen LogP contribution in [0.4, 0.5) is 5.69 Å². The number of carbonyl (C=O) groups excluding carboxylic acids is 1. The fourth-order valence-corrected chi connectivity index (χ4v) is 4.35. The Morgan fingerprint density at radius 3 is 2.66 bits per heavy atom. The zero-order valence-corrected chi connectivity index (χ0v) is 18.1. The van der Waals surface area contributed by atoms with E-state index in [-0.39, 0.29) is 18.1 Å². The molecular formula is C23H27N5O4. The summed E-state index contributed by atoms with van der Waals surface area (Å²) in [6.45, 7) is 4.86. The zero-order chi connectivity index (χ0) is 21.9. The topological polar surface area (TPSA) is 103 Å². The van der Waals surface area contributed by atoms with Crippen molar-refractivity contribution in [3.63, 3.8) is 0 Å². The van der Waals surface area contributed by atoms with Crippen molar-refractivity contribution in [3.8, 4) is 5.75 Å². The highest BCUT2D eigenvalue weighted by Gasteiger charge is 2.26. The van der Waals surface area contributed by atoms with Crippen LogP contribution in [-0.2, 0) is 4.74 Å². The van der Waals surface area contributed by atoms with Gasteiger partial charge in [0.2, 0.25) is 0 Å². The summed E-state index contributed by atoms with van der Waals surface area (Å²) in [5, 5.41) is 3.06. The molecule has 1 amide bonds. The first kappa shape index (κ1) is 20.7. The fraction of sp³-hybridized carbons (Fsp3) is 0.478. The quantitative estimate of drug-likeness (QED) is 0.650. The molecule has 32 heavy (non-hydrogen) atoms. The molecule has 0 unspecified atom stereocenters. The number of aryl methyl sites for hydroxylation is 1. The second-order valence-electron chi connectivity index (χ2n) is 8.28. The highest BCUT2D eigenvalue weighted by atomic mass is 16.5. The van der Waals surface area contributed by atoms with Gasteiger partial charge in [0.05, 0.1) is 24.8 Å². The van der Waals surface area contributed by atoms with Gasteiger partial charge in [-0.3, -0.25) is 9.78 Å². The fourth-order valence-electron chi connectivity index (χ4n) is 4.35. The summed E-state index contributed by atoms with van der Waals surface area (Å²) in [5.41, 5.74) is 3.02. The molecule has 2 aliphatic rings. The van der Waals surface area contributed by atoms with Gasteiger partial charge in [0.1, 0.15) is 17.5 Å². The molecule has 1 aliphatic carbocycles. The summed E-state index contributed by atoms with van der Waals surface area (Å²) in [5.74, 6) is 1.07. The molecule has 9 nitrogen and oxygen atoms in total. The lowest BCUT2D eigenvalue weighted by molar-refractivity contribution is 0.0890. The van der Waals surface area contributed by atoms with Gasteiger partial charge in [-0.05, 0) is 31.7 Å². The van der Waals surface area contributed by atoms with Crippen LogP contribution in [0.2, 0.25) is 0 Å². The maximum absolute atomic E-state index is 12.3. The number of aromatic nitrogens is 3. The van der Waals surface area contributed by atoms with Gasteiger partial charge in [-0.1, -0.05) is 0 Å². The number of nitrogens with zero attached hydrogens (tertiary/aromatic N) is 4. The molecule has 2 fully saturated rings. The Morgan fingerprint density at radius 1 is 1.12 bits per heavy atom. The predicted octanol–water partition coefficient (Wildman–Crippen LogP) is 2.88. The summed E-state index contributed by atoms with van der Waals surface area (Å²) in [6, 6.07) is 4.25. The van der Waals surface area contributed by atoms with Crippen molar-refractivity contribution in [1.29, 1.82) is 0 Å². The van der Waals surface area contributed by atoms with Gasteiger partial charge >= 0.3 is 0 Å². The van der Waals surface area contributed by atoms with Crippen LogP contribution in [0.3, 0.4) is 0 Å². The van der Waals surface area contributed by atoms with Gasteiger partial charge in [0, 0.05) is 50.2 Å². The van der Waals surface area contributed by atoms with E-state index in [0.29, 0.717) is 11.6 Å². The SMILES string of the molecule is Cc1nc(C(=O)N[C@H]2CC[C@@H](Oc3cc(N4CCOCC4)cc4nccnc34)CC2)co1. The van der Waals surface area contributed by atoms with Crippen LogP contribution in [0.15, 0.2) is 35.2 Å². The van der Waals surface area contributed by atoms with Gasteiger partial charge in [-0.25, -0.2) is 9.97 Å². The number of carbonyl (C=O) groups is 1. The number of hydrogen-bond acceptors (Lipinski definition) is 8. The molecule has 1 saturated carbocycles. The van der Waals surface area contributed by atoms with Gasteiger partial charge in [-0.2, -0.15) is 0 Å². The van der Waals surface area contributed by atoms with Crippen molar-refractivity contribution in [2.75, 3.05) is 31.2 Å². The minimum absolute atomic E-state index is 0.0718. The summed E-state index contributed by atoms with van der Waals surface area (Å²) in [7, 11) is 0. The van der Waals surface area contributed by atoms with Gasteiger partial charge in [0.15, 0.2) is 11.6 Å². The van der Waals surface area contributed by atoms with Crippen LogP contribution >= 0.6 is 0 Å². The zero-order valence-electron chi connectivity index (χ0n) is 18.1. The first-order valence-corrected chi connectivity index (χ1v) is 11.1. The average molecular weight is 438 g/mol. The summed E-state index contributed by atoms with van der Waals surface area (Å²) < 4.78 is 17.1. The lowest BCUT2D eigenvalue weighted by Crippen LogP contribution is -2.39. The summed E-state index contributed by atoms with van der Waals surface area (Å²) in [6.07, 6.45) is 8.27. The Bertz CT molecular complexity index is 1090. The Labute approximate surface area is 186 Å². The number of fused-ring (bicyclic) bond motifs is 1. The van der Waals surface area contributed by atoms with Crippen LogP contribution in [0, 0.1) is 6.92 Å². The highest BCUT2D eigenvalue weighted by molar-refractivity contribution is 5.92. The molecule has 3 aromatic rings. The van der Waals surface area contributed by atoms with Gasteiger partial charge < -0.3 is 24.1 Å². The third-order valence-electron chi connectivity index (χ3n) is 6.05. The molecular weight excluding hydrogens is 410 g/mol. The summed E-state index contributed by atoms with van der Waals surface area (Å²) in [4.78, 5) is 27.8. The van der Waals surface area contributed by atoms with E-state index in [1.807, 2.05) is 0 Å². The van der Waals surface area contributed by atoms with Crippen LogP contribution in [0.25, 0.3) is 11.0 Å². The Morgan fingerprint density at radius 2 is 1.91 bits per heavy atom. The normalized spacial score (nSPS) is 21.5. The van der Waals surface area contributed by atoms with Gasteiger partial charge in [0.25, 0.3) is 5.91 Å². The van der Waals surface area contributed by atoms with E-state index in [1.54, 1.807) is 19.3 Å². The molecule has 1 aliphatic heterocycles. The largest absolute Gasteiger partial charge is 0.488 e. The number of anilines is 1. The Balaban J connectivity index is 1.25. The molecule has 168 valence electrons. The number of hydrogen-bond donors (Lipinski definition) is 1. The lowest BCUT2D eigenvalue weighted by atomic mass is 9.92. The van der Waals surface area contributed by atoms with Crippen molar-refractivity contribution in [2.24, 2.45) is 0 Å². The van der Waals surface area contributed by atoms with E-state index >= 15 is 0 Å². The minimum Gasteiger partial charge on any atom is -0.488 e. The molecule has 9 heteroatoms. The molecule has 1 N–H and O–H groups in total. The van der Waals surface area contributed by atoms with Crippen LogP contribution in [0.5, 0.6) is 5.75 Å². The average Bonchev–Trinajstić information content (AvgIpc) is 3.27. The number of oxazole rings is 1. The number of rotatable bonds is 5. The van der Waals surface area contributed by atoms with Crippen molar-refractivity contribution in [3.05, 3.63) is 42.4 Å². The number of morpholine rings is 1. The van der Waals surface area contributed by atoms with Crippen molar-refractivity contribution in [2.45, 2.75) is 44.8 Å².